The van der Waals surface area contributed by atoms with Gasteiger partial charge in [-0.1, -0.05) is 54.1 Å². The smallest absolute Gasteiger partial charge is 0.274 e. The number of halogens is 1. The lowest BCUT2D eigenvalue weighted by Gasteiger charge is -2.24. The van der Waals surface area contributed by atoms with Crippen molar-refractivity contribution in [2.45, 2.75) is 6.54 Å². The van der Waals surface area contributed by atoms with Gasteiger partial charge in [0, 0.05) is 41.2 Å². The zero-order valence-electron chi connectivity index (χ0n) is 23.6. The van der Waals surface area contributed by atoms with Crippen LogP contribution in [0.15, 0.2) is 84.0 Å². The normalized spacial score (nSPS) is 11.2. The highest BCUT2D eigenvalue weighted by molar-refractivity contribution is 6.32. The highest BCUT2D eigenvalue weighted by Crippen LogP contribution is 2.28. The standard InChI is InChI=1S/C31H30ClN5O6/c1-35(2)15-16-36(19-23-7-3-6-10-27(23)37(41)42)30(39)20-43-29-14-12-22(24-8-4-5-9-25(24)29)18-33-34-31(40)21-11-13-28(38)26(32)17-21/h3-14,17-18,38H,15-16,19-20H2,1-2H3,(H,34,40)/b33-18+. The maximum atomic E-state index is 13.3. The number of hydrogen-bond donors (Lipinski definition) is 2. The molecule has 4 aromatic carbocycles. The van der Waals surface area contributed by atoms with E-state index in [2.05, 4.69) is 10.5 Å². The third-order valence-electron chi connectivity index (χ3n) is 6.57. The summed E-state index contributed by atoms with van der Waals surface area (Å²) in [5, 5.41) is 26.7. The van der Waals surface area contributed by atoms with Crippen LogP contribution >= 0.6 is 11.6 Å². The number of carbonyl (C=O) groups is 2. The van der Waals surface area contributed by atoms with E-state index in [0.717, 1.165) is 10.8 Å². The van der Waals surface area contributed by atoms with Crippen molar-refractivity contribution in [3.63, 3.8) is 0 Å². The second-order valence-corrected chi connectivity index (χ2v) is 10.3. The van der Waals surface area contributed by atoms with Gasteiger partial charge in [0.15, 0.2) is 6.61 Å². The number of rotatable bonds is 12. The zero-order chi connectivity index (χ0) is 30.9. The summed E-state index contributed by atoms with van der Waals surface area (Å²) in [4.78, 5) is 40.3. The number of aromatic hydroxyl groups is 1. The van der Waals surface area contributed by atoms with Crippen LogP contribution in [0.1, 0.15) is 21.5 Å². The van der Waals surface area contributed by atoms with E-state index in [4.69, 9.17) is 16.3 Å². The first-order valence-corrected chi connectivity index (χ1v) is 13.6. The Morgan fingerprint density at radius 3 is 2.47 bits per heavy atom. The van der Waals surface area contributed by atoms with Gasteiger partial charge < -0.3 is 19.6 Å². The molecular formula is C31H30ClN5O6. The number of ether oxygens (including phenoxy) is 1. The minimum absolute atomic E-state index is 0.0441. The van der Waals surface area contributed by atoms with E-state index in [9.17, 15) is 24.8 Å². The number of carbonyl (C=O) groups excluding carboxylic acids is 2. The molecule has 222 valence electrons. The molecule has 0 heterocycles. The van der Waals surface area contributed by atoms with Crippen LogP contribution in [-0.4, -0.2) is 71.7 Å². The number of fused-ring (bicyclic) bond motifs is 1. The van der Waals surface area contributed by atoms with Gasteiger partial charge in [0.05, 0.1) is 22.7 Å². The number of nitro groups is 1. The first kappa shape index (κ1) is 30.9. The number of para-hydroxylation sites is 1. The number of benzene rings is 4. The molecule has 0 saturated carbocycles. The molecule has 0 bridgehead atoms. The topological polar surface area (TPSA) is 138 Å². The maximum Gasteiger partial charge on any atom is 0.274 e. The van der Waals surface area contributed by atoms with Gasteiger partial charge in [0.1, 0.15) is 11.5 Å². The number of nitro benzene ring substituents is 1. The molecule has 2 amide bonds. The molecule has 0 saturated heterocycles. The molecule has 4 rings (SSSR count). The summed E-state index contributed by atoms with van der Waals surface area (Å²) < 4.78 is 5.97. The summed E-state index contributed by atoms with van der Waals surface area (Å²) in [7, 11) is 3.77. The Labute approximate surface area is 253 Å². The molecule has 4 aromatic rings. The predicted octanol–water partition coefficient (Wildman–Crippen LogP) is 4.84. The van der Waals surface area contributed by atoms with E-state index in [0.29, 0.717) is 30.0 Å². The monoisotopic (exact) mass is 603 g/mol. The molecule has 0 aliphatic rings. The number of hydrogen-bond acceptors (Lipinski definition) is 8. The summed E-state index contributed by atoms with van der Waals surface area (Å²) in [5.41, 5.74) is 3.77. The third kappa shape index (κ3) is 8.06. The van der Waals surface area contributed by atoms with Crippen LogP contribution in [0.25, 0.3) is 10.8 Å². The quantitative estimate of drug-likeness (QED) is 0.134. The molecule has 0 spiro atoms. The van der Waals surface area contributed by atoms with Crippen molar-refractivity contribution in [2.75, 3.05) is 33.8 Å². The second-order valence-electron chi connectivity index (χ2n) is 9.86. The van der Waals surface area contributed by atoms with Crippen molar-refractivity contribution in [3.05, 3.63) is 111 Å². The number of nitrogens with zero attached hydrogens (tertiary/aromatic N) is 4. The molecule has 12 heteroatoms. The molecule has 11 nitrogen and oxygen atoms in total. The van der Waals surface area contributed by atoms with Gasteiger partial charge in [-0.3, -0.25) is 19.7 Å². The van der Waals surface area contributed by atoms with Crippen molar-refractivity contribution in [1.82, 2.24) is 15.2 Å². The van der Waals surface area contributed by atoms with E-state index in [1.807, 2.05) is 43.3 Å². The number of phenolic OH excluding ortho intramolecular Hbond substituents is 1. The minimum Gasteiger partial charge on any atom is -0.506 e. The van der Waals surface area contributed by atoms with Gasteiger partial charge in [-0.15, -0.1) is 0 Å². The average molecular weight is 604 g/mol. The molecular weight excluding hydrogens is 574 g/mol. The highest BCUT2D eigenvalue weighted by atomic mass is 35.5. The minimum atomic E-state index is -0.499. The molecule has 0 aromatic heterocycles. The van der Waals surface area contributed by atoms with Gasteiger partial charge in [0.25, 0.3) is 17.5 Å². The van der Waals surface area contributed by atoms with E-state index >= 15 is 0 Å². The predicted molar refractivity (Wildman–Crippen MR) is 165 cm³/mol. The summed E-state index contributed by atoms with van der Waals surface area (Å²) in [6.07, 6.45) is 1.49. The van der Waals surface area contributed by atoms with Crippen LogP contribution in [0.5, 0.6) is 11.5 Å². The highest BCUT2D eigenvalue weighted by Gasteiger charge is 2.21. The SMILES string of the molecule is CN(C)CCN(Cc1ccccc1[N+](=O)[O-])C(=O)COc1ccc(/C=N/NC(=O)c2ccc(O)c(Cl)c2)c2ccccc12. The number of likely N-dealkylation sites (N-methyl/N-ethyl adjacent to an activating group) is 1. The average Bonchev–Trinajstić information content (AvgIpc) is 2.99. The Morgan fingerprint density at radius 2 is 1.74 bits per heavy atom. The molecule has 0 fully saturated rings. The van der Waals surface area contributed by atoms with Gasteiger partial charge in [0.2, 0.25) is 0 Å². The second kappa shape index (κ2) is 14.3. The number of phenols is 1. The van der Waals surface area contributed by atoms with Gasteiger partial charge in [-0.25, -0.2) is 5.43 Å². The molecule has 2 N–H and O–H groups in total. The van der Waals surface area contributed by atoms with Crippen molar-refractivity contribution in [2.24, 2.45) is 5.10 Å². The van der Waals surface area contributed by atoms with E-state index in [1.165, 1.54) is 30.5 Å². The van der Waals surface area contributed by atoms with Crippen LogP contribution in [0.3, 0.4) is 0 Å². The van der Waals surface area contributed by atoms with Gasteiger partial charge in [-0.2, -0.15) is 5.10 Å². The fraction of sp³-hybridized carbons (Fsp3) is 0.194. The van der Waals surface area contributed by atoms with Crippen LogP contribution in [0, 0.1) is 10.1 Å². The summed E-state index contributed by atoms with van der Waals surface area (Å²) >= 11 is 5.88. The Bertz CT molecular complexity index is 1680. The van der Waals surface area contributed by atoms with Crippen molar-refractivity contribution >= 4 is 46.1 Å². The molecule has 43 heavy (non-hydrogen) atoms. The Morgan fingerprint density at radius 1 is 1.02 bits per heavy atom. The molecule has 0 aliphatic carbocycles. The van der Waals surface area contributed by atoms with Crippen LogP contribution in [0.4, 0.5) is 5.69 Å². The van der Waals surface area contributed by atoms with Gasteiger partial charge in [-0.05, 0) is 49.8 Å². The lowest BCUT2D eigenvalue weighted by molar-refractivity contribution is -0.385. The lowest BCUT2D eigenvalue weighted by atomic mass is 10.0. The first-order valence-electron chi connectivity index (χ1n) is 13.3. The van der Waals surface area contributed by atoms with Crippen LogP contribution in [0.2, 0.25) is 5.02 Å². The van der Waals surface area contributed by atoms with Crippen LogP contribution in [-0.2, 0) is 11.3 Å². The molecule has 0 unspecified atom stereocenters. The maximum absolute atomic E-state index is 13.3. The Hall–Kier alpha value is -5.00. The first-order chi connectivity index (χ1) is 20.6. The van der Waals surface area contributed by atoms with Crippen molar-refractivity contribution in [1.29, 1.82) is 0 Å². The van der Waals surface area contributed by atoms with Crippen molar-refractivity contribution < 1.29 is 24.4 Å². The summed E-state index contributed by atoms with van der Waals surface area (Å²) in [6.45, 7) is 0.737. The summed E-state index contributed by atoms with van der Waals surface area (Å²) in [6, 6.07) is 21.3. The van der Waals surface area contributed by atoms with E-state index < -0.39 is 10.8 Å². The molecule has 0 atom stereocenters. The molecule has 0 radical (unpaired) electrons. The Kier molecular flexibility index (Phi) is 10.3. The third-order valence-corrected chi connectivity index (χ3v) is 6.87. The van der Waals surface area contributed by atoms with E-state index in [1.54, 1.807) is 35.2 Å². The fourth-order valence-electron chi connectivity index (χ4n) is 4.28. The fourth-order valence-corrected chi connectivity index (χ4v) is 4.46. The number of nitrogens with one attached hydrogen (secondary N) is 1. The summed E-state index contributed by atoms with van der Waals surface area (Å²) in [5.74, 6) is -0.465. The zero-order valence-corrected chi connectivity index (χ0v) is 24.3. The number of hydrazone groups is 1. The van der Waals surface area contributed by atoms with Crippen LogP contribution < -0.4 is 10.2 Å². The lowest BCUT2D eigenvalue weighted by Crippen LogP contribution is -2.39. The van der Waals surface area contributed by atoms with E-state index in [-0.39, 0.29) is 41.1 Å². The Balaban J connectivity index is 1.48. The molecule has 0 aliphatic heterocycles. The van der Waals surface area contributed by atoms with Gasteiger partial charge >= 0.3 is 0 Å². The largest absolute Gasteiger partial charge is 0.506 e. The number of amides is 2. The van der Waals surface area contributed by atoms with Crippen molar-refractivity contribution in [3.8, 4) is 11.5 Å².